The van der Waals surface area contributed by atoms with Gasteiger partial charge >= 0.3 is 5.97 Å². The fourth-order valence-electron chi connectivity index (χ4n) is 2.41. The van der Waals surface area contributed by atoms with Gasteiger partial charge in [-0.15, -0.1) is 0 Å². The number of aliphatic carboxylic acids is 1. The standard InChI is InChI=1S/C16H18N2O4/c1-11(19)18-16(8-3-9-16)15(22)17-13-5-2-4-12(10-13)6-7-14(20)21/h2,4-7,10H,3,8-9H2,1H3,(H,17,22)(H,18,19)(H,20,21). The predicted molar refractivity (Wildman–Crippen MR) is 82.1 cm³/mol. The van der Waals surface area contributed by atoms with E-state index in [1.54, 1.807) is 24.3 Å². The highest BCUT2D eigenvalue weighted by Gasteiger charge is 2.44. The van der Waals surface area contributed by atoms with Crippen molar-refractivity contribution in [2.24, 2.45) is 0 Å². The molecule has 0 saturated heterocycles. The van der Waals surface area contributed by atoms with Gasteiger partial charge in [0.25, 0.3) is 0 Å². The highest BCUT2D eigenvalue weighted by molar-refractivity contribution is 6.01. The lowest BCUT2D eigenvalue weighted by Gasteiger charge is -2.40. The van der Waals surface area contributed by atoms with Crippen LogP contribution in [0.3, 0.4) is 0 Å². The van der Waals surface area contributed by atoms with Gasteiger partial charge in [0.2, 0.25) is 11.8 Å². The van der Waals surface area contributed by atoms with Crippen molar-refractivity contribution in [2.45, 2.75) is 31.7 Å². The number of benzene rings is 1. The van der Waals surface area contributed by atoms with Gasteiger partial charge in [0, 0.05) is 18.7 Å². The number of rotatable bonds is 5. The van der Waals surface area contributed by atoms with Crippen LogP contribution >= 0.6 is 0 Å². The minimum atomic E-state index is -1.03. The zero-order valence-corrected chi connectivity index (χ0v) is 12.3. The molecule has 1 aliphatic carbocycles. The summed E-state index contributed by atoms with van der Waals surface area (Å²) in [6, 6.07) is 6.86. The van der Waals surface area contributed by atoms with Gasteiger partial charge in [-0.2, -0.15) is 0 Å². The molecule has 1 aliphatic rings. The molecule has 2 rings (SSSR count). The van der Waals surface area contributed by atoms with Gasteiger partial charge in [-0.05, 0) is 43.0 Å². The molecule has 0 aromatic heterocycles. The van der Waals surface area contributed by atoms with Crippen molar-refractivity contribution >= 4 is 29.5 Å². The van der Waals surface area contributed by atoms with Crippen LogP contribution in [0.2, 0.25) is 0 Å². The molecular formula is C16H18N2O4. The summed E-state index contributed by atoms with van der Waals surface area (Å²) in [5.74, 6) is -1.50. The zero-order valence-electron chi connectivity index (χ0n) is 12.3. The fraction of sp³-hybridized carbons (Fsp3) is 0.312. The summed E-state index contributed by atoms with van der Waals surface area (Å²) >= 11 is 0. The summed E-state index contributed by atoms with van der Waals surface area (Å²) in [5.41, 5.74) is 0.412. The second-order valence-corrected chi connectivity index (χ2v) is 5.37. The van der Waals surface area contributed by atoms with Crippen LogP contribution < -0.4 is 10.6 Å². The first kappa shape index (κ1) is 15.8. The molecule has 0 radical (unpaired) electrons. The lowest BCUT2D eigenvalue weighted by atomic mass is 9.76. The maximum Gasteiger partial charge on any atom is 0.328 e. The molecule has 0 heterocycles. The quantitative estimate of drug-likeness (QED) is 0.722. The number of nitrogens with one attached hydrogen (secondary N) is 2. The molecule has 0 aliphatic heterocycles. The Bertz CT molecular complexity index is 633. The third kappa shape index (κ3) is 3.72. The summed E-state index contributed by atoms with van der Waals surface area (Å²) in [4.78, 5) is 34.2. The van der Waals surface area contributed by atoms with Crippen molar-refractivity contribution in [3.05, 3.63) is 35.9 Å². The summed E-state index contributed by atoms with van der Waals surface area (Å²) in [5, 5.41) is 14.1. The SMILES string of the molecule is CC(=O)NC1(C(=O)Nc2cccc(C=CC(=O)O)c2)CCC1. The van der Waals surface area contributed by atoms with Crippen molar-refractivity contribution in [3.8, 4) is 0 Å². The van der Waals surface area contributed by atoms with Crippen LogP contribution in [0.1, 0.15) is 31.7 Å². The predicted octanol–water partition coefficient (Wildman–Crippen LogP) is 1.78. The number of anilines is 1. The van der Waals surface area contributed by atoms with E-state index in [0.717, 1.165) is 12.5 Å². The fourth-order valence-corrected chi connectivity index (χ4v) is 2.41. The Morgan fingerprint density at radius 2 is 2.00 bits per heavy atom. The van der Waals surface area contributed by atoms with Gasteiger partial charge in [-0.1, -0.05) is 12.1 Å². The van der Waals surface area contributed by atoms with E-state index in [1.807, 2.05) is 0 Å². The maximum atomic E-state index is 12.4. The van der Waals surface area contributed by atoms with E-state index in [0.29, 0.717) is 24.1 Å². The van der Waals surface area contributed by atoms with Crippen molar-refractivity contribution < 1.29 is 19.5 Å². The Balaban J connectivity index is 2.10. The number of amides is 2. The molecule has 1 aromatic rings. The molecule has 1 aromatic carbocycles. The van der Waals surface area contributed by atoms with Crippen LogP contribution in [-0.2, 0) is 14.4 Å². The highest BCUT2D eigenvalue weighted by Crippen LogP contribution is 2.33. The minimum Gasteiger partial charge on any atom is -0.478 e. The molecule has 22 heavy (non-hydrogen) atoms. The van der Waals surface area contributed by atoms with E-state index in [9.17, 15) is 14.4 Å². The summed E-state index contributed by atoms with van der Waals surface area (Å²) in [6.45, 7) is 1.39. The van der Waals surface area contributed by atoms with Crippen molar-refractivity contribution in [1.29, 1.82) is 0 Å². The molecule has 116 valence electrons. The third-order valence-corrected chi connectivity index (χ3v) is 3.62. The molecule has 0 bridgehead atoms. The van der Waals surface area contributed by atoms with Gasteiger partial charge in [0.15, 0.2) is 0 Å². The summed E-state index contributed by atoms with van der Waals surface area (Å²) in [6.07, 6.45) is 4.62. The van der Waals surface area contributed by atoms with Crippen LogP contribution in [0.4, 0.5) is 5.69 Å². The van der Waals surface area contributed by atoms with Crippen molar-refractivity contribution in [3.63, 3.8) is 0 Å². The zero-order chi connectivity index (χ0) is 16.2. The molecule has 0 atom stereocenters. The van der Waals surface area contributed by atoms with Gasteiger partial charge < -0.3 is 15.7 Å². The Morgan fingerprint density at radius 1 is 1.27 bits per heavy atom. The number of hydrogen-bond acceptors (Lipinski definition) is 3. The summed E-state index contributed by atoms with van der Waals surface area (Å²) < 4.78 is 0. The third-order valence-electron chi connectivity index (χ3n) is 3.62. The van der Waals surface area contributed by atoms with Crippen LogP contribution in [0.5, 0.6) is 0 Å². The Hall–Kier alpha value is -2.63. The highest BCUT2D eigenvalue weighted by atomic mass is 16.4. The van der Waals surface area contributed by atoms with Crippen LogP contribution in [0.25, 0.3) is 6.08 Å². The molecule has 0 spiro atoms. The van der Waals surface area contributed by atoms with Crippen LogP contribution in [-0.4, -0.2) is 28.4 Å². The number of carbonyl (C=O) groups excluding carboxylic acids is 2. The van der Waals surface area contributed by atoms with E-state index in [-0.39, 0.29) is 11.8 Å². The number of carboxylic acid groups (broad SMARTS) is 1. The molecule has 1 fully saturated rings. The van der Waals surface area contributed by atoms with E-state index < -0.39 is 11.5 Å². The first-order valence-corrected chi connectivity index (χ1v) is 7.03. The van der Waals surface area contributed by atoms with Gasteiger partial charge in [0.05, 0.1) is 0 Å². The largest absolute Gasteiger partial charge is 0.478 e. The second kappa shape index (κ2) is 6.43. The molecular weight excluding hydrogens is 284 g/mol. The minimum absolute atomic E-state index is 0.229. The Kier molecular flexibility index (Phi) is 4.60. The van der Waals surface area contributed by atoms with Crippen LogP contribution in [0, 0.1) is 0 Å². The van der Waals surface area contributed by atoms with Crippen LogP contribution in [0.15, 0.2) is 30.3 Å². The Labute approximate surface area is 128 Å². The van der Waals surface area contributed by atoms with Gasteiger partial charge in [-0.3, -0.25) is 9.59 Å². The van der Waals surface area contributed by atoms with E-state index in [4.69, 9.17) is 5.11 Å². The number of carboxylic acids is 1. The van der Waals surface area contributed by atoms with E-state index in [2.05, 4.69) is 10.6 Å². The normalized spacial score (nSPS) is 15.9. The molecule has 2 amide bonds. The molecule has 6 heteroatoms. The smallest absolute Gasteiger partial charge is 0.328 e. The first-order valence-electron chi connectivity index (χ1n) is 7.03. The van der Waals surface area contributed by atoms with Gasteiger partial charge in [0.1, 0.15) is 5.54 Å². The van der Waals surface area contributed by atoms with E-state index in [1.165, 1.54) is 13.0 Å². The summed E-state index contributed by atoms with van der Waals surface area (Å²) in [7, 11) is 0. The number of carbonyl (C=O) groups is 3. The molecule has 6 nitrogen and oxygen atoms in total. The monoisotopic (exact) mass is 302 g/mol. The average Bonchev–Trinajstić information content (AvgIpc) is 2.40. The lowest BCUT2D eigenvalue weighted by Crippen LogP contribution is -2.60. The second-order valence-electron chi connectivity index (χ2n) is 5.37. The van der Waals surface area contributed by atoms with E-state index >= 15 is 0 Å². The van der Waals surface area contributed by atoms with Crippen molar-refractivity contribution in [1.82, 2.24) is 5.32 Å². The van der Waals surface area contributed by atoms with Crippen molar-refractivity contribution in [2.75, 3.05) is 5.32 Å². The molecule has 3 N–H and O–H groups in total. The Morgan fingerprint density at radius 3 is 2.55 bits per heavy atom. The lowest BCUT2D eigenvalue weighted by molar-refractivity contribution is -0.132. The molecule has 1 saturated carbocycles. The van der Waals surface area contributed by atoms with Gasteiger partial charge in [-0.25, -0.2) is 4.79 Å². The topological polar surface area (TPSA) is 95.5 Å². The average molecular weight is 302 g/mol. The first-order chi connectivity index (χ1) is 10.4. The number of hydrogen-bond donors (Lipinski definition) is 3. The maximum absolute atomic E-state index is 12.4. The molecule has 0 unspecified atom stereocenters.